The highest BCUT2D eigenvalue weighted by molar-refractivity contribution is 5.97. The van der Waals surface area contributed by atoms with Gasteiger partial charge in [-0.1, -0.05) is 48.5 Å². The average molecular weight is 402 g/mol. The number of carbonyl (C=O) groups excluding carboxylic acids is 2. The summed E-state index contributed by atoms with van der Waals surface area (Å²) in [6, 6.07) is 24.5. The van der Waals surface area contributed by atoms with Crippen LogP contribution in [0.1, 0.15) is 31.1 Å². The van der Waals surface area contributed by atoms with Crippen molar-refractivity contribution in [2.75, 3.05) is 11.9 Å². The normalized spacial score (nSPS) is 10.9. The van der Waals surface area contributed by atoms with Crippen LogP contribution in [-0.4, -0.2) is 24.0 Å². The summed E-state index contributed by atoms with van der Waals surface area (Å²) in [4.78, 5) is 24.5. The monoisotopic (exact) mass is 402 g/mol. The number of rotatable bonds is 6. The molecule has 30 heavy (non-hydrogen) atoms. The van der Waals surface area contributed by atoms with Crippen LogP contribution in [0.25, 0.3) is 11.1 Å². The predicted octanol–water partition coefficient (Wildman–Crippen LogP) is 4.90. The molecule has 154 valence electrons. The zero-order chi connectivity index (χ0) is 21.6. The Hall–Kier alpha value is -3.60. The Morgan fingerprint density at radius 2 is 1.50 bits per heavy atom. The van der Waals surface area contributed by atoms with Crippen LogP contribution < -0.4 is 15.4 Å². The summed E-state index contributed by atoms with van der Waals surface area (Å²) in [6.45, 7) is 5.63. The maximum atomic E-state index is 12.3. The minimum absolute atomic E-state index is 0.122. The quantitative estimate of drug-likeness (QED) is 0.616. The molecule has 0 atom stereocenters. The summed E-state index contributed by atoms with van der Waals surface area (Å²) in [7, 11) is 0. The zero-order valence-corrected chi connectivity index (χ0v) is 17.4. The molecule has 0 bridgehead atoms. The lowest BCUT2D eigenvalue weighted by Crippen LogP contribution is -2.40. The molecule has 0 unspecified atom stereocenters. The van der Waals surface area contributed by atoms with Crippen LogP contribution in [0, 0.1) is 0 Å². The van der Waals surface area contributed by atoms with E-state index in [4.69, 9.17) is 4.74 Å². The number of hydrogen-bond donors (Lipinski definition) is 2. The molecule has 5 heteroatoms. The number of carbonyl (C=O) groups is 2. The standard InChI is InChI=1S/C25H26N2O3/c1-25(2,3)27-24(29)20-10-7-11-21(16-20)26-23(28)17-30-22-14-12-19(13-15-22)18-8-5-4-6-9-18/h4-16H,17H2,1-3H3,(H,26,28)(H,27,29). The molecular formula is C25H26N2O3. The third-order valence-electron chi connectivity index (χ3n) is 4.23. The summed E-state index contributed by atoms with van der Waals surface area (Å²) >= 11 is 0. The maximum Gasteiger partial charge on any atom is 0.262 e. The van der Waals surface area contributed by atoms with Crippen molar-refractivity contribution in [3.63, 3.8) is 0 Å². The van der Waals surface area contributed by atoms with Crippen molar-refractivity contribution in [1.82, 2.24) is 5.32 Å². The summed E-state index contributed by atoms with van der Waals surface area (Å²) in [6.07, 6.45) is 0. The van der Waals surface area contributed by atoms with Crippen molar-refractivity contribution >= 4 is 17.5 Å². The van der Waals surface area contributed by atoms with Gasteiger partial charge in [-0.2, -0.15) is 0 Å². The second kappa shape index (κ2) is 9.27. The van der Waals surface area contributed by atoms with E-state index in [2.05, 4.69) is 10.6 Å². The van der Waals surface area contributed by atoms with E-state index in [0.717, 1.165) is 11.1 Å². The first kappa shape index (κ1) is 21.1. The van der Waals surface area contributed by atoms with E-state index < -0.39 is 0 Å². The molecule has 0 saturated heterocycles. The SMILES string of the molecule is CC(C)(C)NC(=O)c1cccc(NC(=O)COc2ccc(-c3ccccc3)cc2)c1. The molecule has 0 heterocycles. The highest BCUT2D eigenvalue weighted by Crippen LogP contribution is 2.22. The first-order valence-corrected chi connectivity index (χ1v) is 9.81. The number of hydrogen-bond acceptors (Lipinski definition) is 3. The van der Waals surface area contributed by atoms with Crippen LogP contribution >= 0.6 is 0 Å². The van der Waals surface area contributed by atoms with E-state index in [-0.39, 0.29) is 24.0 Å². The van der Waals surface area contributed by atoms with Crippen LogP contribution in [0.3, 0.4) is 0 Å². The number of nitrogens with one attached hydrogen (secondary N) is 2. The average Bonchev–Trinajstić information content (AvgIpc) is 2.72. The molecule has 0 radical (unpaired) electrons. The van der Waals surface area contributed by atoms with Gasteiger partial charge in [0.05, 0.1) is 0 Å². The molecule has 0 aliphatic carbocycles. The second-order valence-corrected chi connectivity index (χ2v) is 8.01. The van der Waals surface area contributed by atoms with Crippen molar-refractivity contribution in [3.8, 4) is 16.9 Å². The minimum Gasteiger partial charge on any atom is -0.484 e. The zero-order valence-electron chi connectivity index (χ0n) is 17.4. The Balaban J connectivity index is 1.55. The van der Waals surface area contributed by atoms with Gasteiger partial charge in [-0.25, -0.2) is 0 Å². The Kier molecular flexibility index (Phi) is 6.52. The van der Waals surface area contributed by atoms with Crippen molar-refractivity contribution in [2.45, 2.75) is 26.3 Å². The summed E-state index contributed by atoms with van der Waals surface area (Å²) < 4.78 is 5.58. The second-order valence-electron chi connectivity index (χ2n) is 8.01. The molecule has 3 aromatic carbocycles. The summed E-state index contributed by atoms with van der Waals surface area (Å²) in [5.41, 5.74) is 2.90. The van der Waals surface area contributed by atoms with Gasteiger partial charge < -0.3 is 15.4 Å². The molecule has 0 spiro atoms. The summed E-state index contributed by atoms with van der Waals surface area (Å²) in [5.74, 6) is 0.131. The van der Waals surface area contributed by atoms with Crippen LogP contribution in [-0.2, 0) is 4.79 Å². The third kappa shape index (κ3) is 6.21. The topological polar surface area (TPSA) is 67.4 Å². The van der Waals surface area contributed by atoms with Gasteiger partial charge in [-0.05, 0) is 62.2 Å². The highest BCUT2D eigenvalue weighted by atomic mass is 16.5. The van der Waals surface area contributed by atoms with E-state index in [9.17, 15) is 9.59 Å². The smallest absolute Gasteiger partial charge is 0.262 e. The van der Waals surface area contributed by atoms with E-state index in [0.29, 0.717) is 17.0 Å². The molecule has 0 saturated carbocycles. The first-order chi connectivity index (χ1) is 14.3. The molecule has 3 rings (SSSR count). The van der Waals surface area contributed by atoms with Gasteiger partial charge in [-0.3, -0.25) is 9.59 Å². The van der Waals surface area contributed by atoms with E-state index in [1.807, 2.05) is 75.4 Å². The Morgan fingerprint density at radius 1 is 0.833 bits per heavy atom. The largest absolute Gasteiger partial charge is 0.484 e. The molecule has 5 nitrogen and oxygen atoms in total. The van der Waals surface area contributed by atoms with Crippen molar-refractivity contribution < 1.29 is 14.3 Å². The maximum absolute atomic E-state index is 12.3. The molecule has 0 fully saturated rings. The Bertz CT molecular complexity index is 1010. The lowest BCUT2D eigenvalue weighted by atomic mass is 10.1. The van der Waals surface area contributed by atoms with Gasteiger partial charge in [0, 0.05) is 16.8 Å². The van der Waals surface area contributed by atoms with Gasteiger partial charge in [0.15, 0.2) is 6.61 Å². The fourth-order valence-electron chi connectivity index (χ4n) is 2.87. The van der Waals surface area contributed by atoms with Gasteiger partial charge in [0.1, 0.15) is 5.75 Å². The lowest BCUT2D eigenvalue weighted by molar-refractivity contribution is -0.118. The van der Waals surface area contributed by atoms with E-state index in [1.165, 1.54) is 0 Å². The molecule has 2 amide bonds. The first-order valence-electron chi connectivity index (χ1n) is 9.81. The van der Waals surface area contributed by atoms with Crippen LogP contribution in [0.2, 0.25) is 0 Å². The number of benzene rings is 3. The van der Waals surface area contributed by atoms with E-state index in [1.54, 1.807) is 24.3 Å². The van der Waals surface area contributed by atoms with Crippen molar-refractivity contribution in [3.05, 3.63) is 84.4 Å². The van der Waals surface area contributed by atoms with Crippen LogP contribution in [0.15, 0.2) is 78.9 Å². The molecule has 0 aromatic heterocycles. The van der Waals surface area contributed by atoms with Gasteiger partial charge >= 0.3 is 0 Å². The predicted molar refractivity (Wildman–Crippen MR) is 120 cm³/mol. The fraction of sp³-hybridized carbons (Fsp3) is 0.200. The van der Waals surface area contributed by atoms with Gasteiger partial charge in [0.25, 0.3) is 11.8 Å². The molecule has 2 N–H and O–H groups in total. The number of amides is 2. The Morgan fingerprint density at radius 3 is 2.17 bits per heavy atom. The van der Waals surface area contributed by atoms with Crippen LogP contribution in [0.5, 0.6) is 5.75 Å². The fourth-order valence-corrected chi connectivity index (χ4v) is 2.87. The molecule has 0 aliphatic heterocycles. The molecule has 3 aromatic rings. The summed E-state index contributed by atoms with van der Waals surface area (Å²) in [5, 5.41) is 5.67. The number of anilines is 1. The number of ether oxygens (including phenoxy) is 1. The molecule has 0 aliphatic rings. The van der Waals surface area contributed by atoms with Gasteiger partial charge in [0.2, 0.25) is 0 Å². The van der Waals surface area contributed by atoms with Gasteiger partial charge in [-0.15, -0.1) is 0 Å². The Labute approximate surface area is 177 Å². The van der Waals surface area contributed by atoms with E-state index >= 15 is 0 Å². The third-order valence-corrected chi connectivity index (χ3v) is 4.23. The highest BCUT2D eigenvalue weighted by Gasteiger charge is 2.15. The van der Waals surface area contributed by atoms with Crippen LogP contribution in [0.4, 0.5) is 5.69 Å². The molecular weight excluding hydrogens is 376 g/mol. The minimum atomic E-state index is -0.333. The van der Waals surface area contributed by atoms with Crippen molar-refractivity contribution in [2.24, 2.45) is 0 Å². The lowest BCUT2D eigenvalue weighted by Gasteiger charge is -2.20. The van der Waals surface area contributed by atoms with Crippen molar-refractivity contribution in [1.29, 1.82) is 0 Å².